The minimum absolute atomic E-state index is 0. The van der Waals surface area contributed by atoms with Gasteiger partial charge in [-0.15, -0.1) is 0 Å². The number of methoxy groups -OCH3 is 2. The summed E-state index contributed by atoms with van der Waals surface area (Å²) in [7, 11) is 2.39. The summed E-state index contributed by atoms with van der Waals surface area (Å²) in [6.45, 7) is 20.0. The predicted molar refractivity (Wildman–Crippen MR) is 331 cm³/mol. The van der Waals surface area contributed by atoms with Crippen LogP contribution >= 0.6 is 15.9 Å². The van der Waals surface area contributed by atoms with Gasteiger partial charge in [-0.3, -0.25) is 9.59 Å². The zero-order valence-corrected chi connectivity index (χ0v) is 51.4. The van der Waals surface area contributed by atoms with Gasteiger partial charge in [-0.25, -0.2) is 19.9 Å². The van der Waals surface area contributed by atoms with Crippen LogP contribution in [0.1, 0.15) is 229 Å². The largest absolute Gasteiger partial charge is 0.486 e. The van der Waals surface area contributed by atoms with Gasteiger partial charge >= 0.3 is 19.1 Å². The highest BCUT2D eigenvalue weighted by atomic mass is 79.9. The third-order valence-corrected chi connectivity index (χ3v) is 15.4. The van der Waals surface area contributed by atoms with E-state index in [2.05, 4.69) is 44.5 Å². The maximum absolute atomic E-state index is 11.5. The molecule has 0 spiro atoms. The molecule has 0 bridgehead atoms. The third-order valence-electron chi connectivity index (χ3n) is 14.8. The molecule has 16 nitrogen and oxygen atoms in total. The molecule has 0 radical (unpaired) electrons. The maximum Gasteiger partial charge on any atom is 0.486 e. The molecule has 18 heteroatoms. The van der Waals surface area contributed by atoms with Crippen LogP contribution in [0.4, 0.5) is 0 Å². The lowest BCUT2D eigenvalue weighted by atomic mass is 9.88. The van der Waals surface area contributed by atoms with Gasteiger partial charge in [0.1, 0.15) is 22.5 Å². The summed E-state index contributed by atoms with van der Waals surface area (Å²) in [5.74, 6) is 0.0820. The SMILES string of the molecule is C.C.CCCCCCC[C@H](O)c1nc2ccccc2nc1/C=C/[C@H]1OC(C)(C)O[C@H]1CCCC(=O)OC.CCCCCCC[C@H](O)c1nc2ccccc2nc1Br.COC(=O)CCC[C@@H]1OC(C)(C)O[C@@H]1/C=C/B1OC(C)(C)C(C)(C)O1. The first-order valence-corrected chi connectivity index (χ1v) is 29.9. The minimum atomic E-state index is -0.721. The summed E-state index contributed by atoms with van der Waals surface area (Å²) in [6, 6.07) is 15.4. The second-order valence-corrected chi connectivity index (χ2v) is 23.6. The smallest absolute Gasteiger partial charge is 0.469 e. The number of ether oxygens (including phenoxy) is 6. The van der Waals surface area contributed by atoms with Crippen LogP contribution in [0.2, 0.25) is 0 Å². The first-order chi connectivity index (χ1) is 38.0. The molecule has 2 aromatic heterocycles. The summed E-state index contributed by atoms with van der Waals surface area (Å²) >= 11 is 3.42. The molecular formula is C64H100BBrN4O12. The summed E-state index contributed by atoms with van der Waals surface area (Å²) in [6.07, 6.45) is 20.2. The summed E-state index contributed by atoms with van der Waals surface area (Å²) in [4.78, 5) is 41.3. The van der Waals surface area contributed by atoms with Gasteiger partial charge in [-0.05, 0) is 140 Å². The second kappa shape index (κ2) is 34.7. The number of benzene rings is 2. The van der Waals surface area contributed by atoms with Crippen LogP contribution in [0, 0.1) is 0 Å². The topological polar surface area (TPSA) is 200 Å². The number of fused-ring (bicyclic) bond motifs is 2. The van der Waals surface area contributed by atoms with E-state index < -0.39 is 30.9 Å². The van der Waals surface area contributed by atoms with E-state index >= 15 is 0 Å². The Morgan fingerprint density at radius 3 is 1.44 bits per heavy atom. The van der Waals surface area contributed by atoms with Crippen LogP contribution in [0.3, 0.4) is 0 Å². The average Bonchev–Trinajstić information content (AvgIpc) is 3.97. The lowest BCUT2D eigenvalue weighted by molar-refractivity contribution is -0.145. The fourth-order valence-corrected chi connectivity index (χ4v) is 10.3. The van der Waals surface area contributed by atoms with Gasteiger partial charge in [0.05, 0.1) is 83.3 Å². The number of carbonyl (C=O) groups is 2. The lowest BCUT2D eigenvalue weighted by Crippen LogP contribution is -2.41. The highest BCUT2D eigenvalue weighted by molar-refractivity contribution is 9.10. The third kappa shape index (κ3) is 22.6. The van der Waals surface area contributed by atoms with Crippen LogP contribution in [0.5, 0.6) is 0 Å². The number of para-hydroxylation sites is 4. The Bertz CT molecular complexity index is 2600. The standard InChI is InChI=1S/C28H40N2O5.C18H31BO6.C16H21BrN2O.2CH4/c1-5-6-7-8-9-15-23(31)27-22(29-20-13-10-11-14-21(20)30-27)18-19-25-24(34-28(2,3)35-25)16-12-17-26(32)33-4;1-16(2)17(3,4)25-19(24-16)12-11-14-13(22-18(5,6)23-14)9-8-10-15(20)21-7;1-2-3-4-5-6-11-14(20)15-16(17)19-13-10-8-7-9-12(13)18-15;;/h10-11,13-14,18-19,23-25,31H,5-9,12,15-17H2,1-4H3;11-14H,8-10H2,1-7H3;7-10,14,20H,2-6,11H2,1H3;2*1H4/b19-18+;12-11+;;;/t23-,24-,25+;13-,14+;14-;;/m000../s1. The van der Waals surface area contributed by atoms with Gasteiger partial charge in [0.15, 0.2) is 11.6 Å². The number of nitrogens with zero attached hydrogens (tertiary/aromatic N) is 4. The van der Waals surface area contributed by atoms with Crippen LogP contribution in [0.25, 0.3) is 28.1 Å². The van der Waals surface area contributed by atoms with Crippen LogP contribution in [0.15, 0.2) is 71.3 Å². The monoisotopic (exact) mass is 1210 g/mol. The lowest BCUT2D eigenvalue weighted by Gasteiger charge is -2.32. The fourth-order valence-electron chi connectivity index (χ4n) is 9.71. The molecule has 0 amide bonds. The number of hydrogen-bond donors (Lipinski definition) is 2. The van der Waals surface area contributed by atoms with Gasteiger partial charge in [0.2, 0.25) is 0 Å². The number of carbonyl (C=O) groups excluding carboxylic acids is 2. The number of halogens is 1. The second-order valence-electron chi connectivity index (χ2n) is 22.9. The number of aromatic nitrogens is 4. The van der Waals surface area contributed by atoms with Crippen LogP contribution in [-0.2, 0) is 47.3 Å². The van der Waals surface area contributed by atoms with E-state index in [-0.39, 0.29) is 62.4 Å². The molecule has 458 valence electrons. The molecule has 6 atom stereocenters. The van der Waals surface area contributed by atoms with E-state index in [1.807, 2.05) is 128 Å². The highest BCUT2D eigenvalue weighted by Crippen LogP contribution is 2.38. The average molecular weight is 1210 g/mol. The zero-order chi connectivity index (χ0) is 58.5. The first-order valence-electron chi connectivity index (χ1n) is 29.1. The predicted octanol–water partition coefficient (Wildman–Crippen LogP) is 15.0. The molecule has 5 heterocycles. The van der Waals surface area contributed by atoms with Crippen molar-refractivity contribution < 1.29 is 57.5 Å². The number of aliphatic hydroxyl groups excluding tert-OH is 2. The Kier molecular flexibility index (Phi) is 30.4. The number of hydrogen-bond acceptors (Lipinski definition) is 16. The Balaban J connectivity index is 0.000000332. The van der Waals surface area contributed by atoms with E-state index in [0.29, 0.717) is 60.2 Å². The molecule has 3 fully saturated rings. The minimum Gasteiger partial charge on any atom is -0.469 e. The van der Waals surface area contributed by atoms with Gasteiger partial charge in [-0.1, -0.05) is 135 Å². The number of esters is 2. The number of rotatable bonds is 26. The molecule has 2 N–H and O–H groups in total. The zero-order valence-electron chi connectivity index (χ0n) is 49.8. The molecular weight excluding hydrogens is 1110 g/mol. The molecule has 2 aromatic carbocycles. The van der Waals surface area contributed by atoms with E-state index in [9.17, 15) is 19.8 Å². The number of unbranched alkanes of at least 4 members (excludes halogenated alkanes) is 8. The molecule has 3 saturated heterocycles. The Labute approximate surface area is 499 Å². The van der Waals surface area contributed by atoms with E-state index in [4.69, 9.17) is 43.0 Å². The van der Waals surface area contributed by atoms with Gasteiger partial charge in [0, 0.05) is 12.8 Å². The van der Waals surface area contributed by atoms with Crippen molar-refractivity contribution in [1.29, 1.82) is 0 Å². The molecule has 0 unspecified atom stereocenters. The van der Waals surface area contributed by atoms with Gasteiger partial charge in [0.25, 0.3) is 0 Å². The first kappa shape index (κ1) is 72.0. The van der Waals surface area contributed by atoms with E-state index in [1.165, 1.54) is 59.2 Å². The van der Waals surface area contributed by atoms with Crippen molar-refractivity contribution in [2.45, 2.75) is 259 Å². The van der Waals surface area contributed by atoms with E-state index in [0.717, 1.165) is 54.2 Å². The Hall–Kier alpha value is -4.24. The van der Waals surface area contributed by atoms with Crippen molar-refractivity contribution in [2.24, 2.45) is 0 Å². The van der Waals surface area contributed by atoms with E-state index in [1.54, 1.807) is 0 Å². The quantitative estimate of drug-likeness (QED) is 0.0341. The maximum atomic E-state index is 11.5. The van der Waals surface area contributed by atoms with Crippen molar-refractivity contribution in [2.75, 3.05) is 14.2 Å². The van der Waals surface area contributed by atoms with Crippen molar-refractivity contribution in [1.82, 2.24) is 19.9 Å². The molecule has 7 rings (SSSR count). The van der Waals surface area contributed by atoms with Crippen LogP contribution in [-0.4, -0.2) is 111 Å². The molecule has 82 heavy (non-hydrogen) atoms. The van der Waals surface area contributed by atoms with Crippen molar-refractivity contribution in [3.8, 4) is 0 Å². The van der Waals surface area contributed by atoms with Gasteiger partial charge < -0.3 is 47.9 Å². The molecule has 3 aliphatic heterocycles. The normalized spacial score (nSPS) is 21.0. The summed E-state index contributed by atoms with van der Waals surface area (Å²) < 4.78 is 46.2. The molecule has 4 aromatic rings. The molecule has 3 aliphatic rings. The van der Waals surface area contributed by atoms with Gasteiger partial charge in [-0.2, -0.15) is 0 Å². The van der Waals surface area contributed by atoms with Crippen molar-refractivity contribution in [3.05, 3.63) is 88.3 Å². The highest BCUT2D eigenvalue weighted by Gasteiger charge is 2.50. The molecule has 0 aliphatic carbocycles. The summed E-state index contributed by atoms with van der Waals surface area (Å²) in [5.41, 5.74) is 4.38. The molecule has 0 saturated carbocycles. The fraction of sp³-hybridized carbons (Fsp3) is 0.656. The summed E-state index contributed by atoms with van der Waals surface area (Å²) in [5, 5.41) is 21.3. The Morgan fingerprint density at radius 1 is 0.585 bits per heavy atom. The number of aliphatic hydroxyl groups is 2. The van der Waals surface area contributed by atoms with Crippen molar-refractivity contribution >= 4 is 63.1 Å². The Morgan fingerprint density at radius 2 is 0.988 bits per heavy atom. The van der Waals surface area contributed by atoms with Crippen LogP contribution < -0.4 is 0 Å². The van der Waals surface area contributed by atoms with Crippen molar-refractivity contribution in [3.63, 3.8) is 0 Å².